The maximum Gasteiger partial charge on any atom is 0.181 e. The molecular weight excluding hydrogens is 236 g/mol. The average Bonchev–Trinajstić information content (AvgIpc) is 2.63. The van der Waals surface area contributed by atoms with E-state index in [-0.39, 0.29) is 11.6 Å². The molecule has 3 rings (SSSR count). The van der Waals surface area contributed by atoms with Gasteiger partial charge in [-0.25, -0.2) is 0 Å². The van der Waals surface area contributed by atoms with E-state index in [9.17, 15) is 9.59 Å². The Kier molecular flexibility index (Phi) is 2.42. The average molecular weight is 250 g/mol. The molecule has 0 heterocycles. The molecule has 2 heteroatoms. The monoisotopic (exact) mass is 250 g/mol. The highest BCUT2D eigenvalue weighted by atomic mass is 16.2. The maximum atomic E-state index is 12.6. The van der Waals surface area contributed by atoms with Crippen LogP contribution in [0.1, 0.15) is 38.8 Å². The van der Waals surface area contributed by atoms with Crippen LogP contribution < -0.4 is 0 Å². The number of hydrogen-bond donors (Lipinski definition) is 0. The number of carbonyl (C=O) groups is 2. The predicted octanol–water partition coefficient (Wildman–Crippen LogP) is 3.33. The maximum absolute atomic E-state index is 12.6. The number of carbonyl (C=O) groups excluding carboxylic acids is 2. The Morgan fingerprint density at radius 2 is 1.26 bits per heavy atom. The molecule has 0 N–H and O–H groups in total. The van der Waals surface area contributed by atoms with E-state index >= 15 is 0 Å². The quantitative estimate of drug-likeness (QED) is 0.727. The van der Waals surface area contributed by atoms with Crippen LogP contribution in [0.15, 0.2) is 48.5 Å². The van der Waals surface area contributed by atoms with Gasteiger partial charge in [0.15, 0.2) is 11.6 Å². The van der Waals surface area contributed by atoms with Gasteiger partial charge in [0, 0.05) is 11.1 Å². The van der Waals surface area contributed by atoms with E-state index < -0.39 is 5.41 Å². The van der Waals surface area contributed by atoms with Crippen LogP contribution in [-0.2, 0) is 5.41 Å². The lowest BCUT2D eigenvalue weighted by Gasteiger charge is -2.21. The van der Waals surface area contributed by atoms with Crippen molar-refractivity contribution in [1.82, 2.24) is 0 Å². The Bertz CT molecular complexity index is 646. The first-order valence-corrected chi connectivity index (χ1v) is 6.31. The van der Waals surface area contributed by atoms with E-state index in [4.69, 9.17) is 0 Å². The van der Waals surface area contributed by atoms with Gasteiger partial charge < -0.3 is 0 Å². The number of fused-ring (bicyclic) bond motifs is 1. The molecule has 0 bridgehead atoms. The number of aryl methyl sites for hydroxylation is 1. The molecule has 0 aromatic heterocycles. The molecule has 0 unspecified atom stereocenters. The van der Waals surface area contributed by atoms with Crippen molar-refractivity contribution in [3.63, 3.8) is 0 Å². The summed E-state index contributed by atoms with van der Waals surface area (Å²) in [6, 6.07) is 14.7. The topological polar surface area (TPSA) is 34.1 Å². The van der Waals surface area contributed by atoms with Crippen molar-refractivity contribution < 1.29 is 9.59 Å². The third kappa shape index (κ3) is 1.49. The van der Waals surface area contributed by atoms with E-state index in [2.05, 4.69) is 0 Å². The van der Waals surface area contributed by atoms with Crippen LogP contribution in [-0.4, -0.2) is 11.6 Å². The molecule has 2 aromatic rings. The fourth-order valence-electron chi connectivity index (χ4n) is 2.67. The van der Waals surface area contributed by atoms with E-state index in [0.29, 0.717) is 11.1 Å². The van der Waals surface area contributed by atoms with Crippen LogP contribution in [0.5, 0.6) is 0 Å². The summed E-state index contributed by atoms with van der Waals surface area (Å²) in [4.78, 5) is 25.2. The third-order valence-corrected chi connectivity index (χ3v) is 3.95. The summed E-state index contributed by atoms with van der Waals surface area (Å²) >= 11 is 0. The number of rotatable bonds is 1. The molecule has 0 atom stereocenters. The summed E-state index contributed by atoms with van der Waals surface area (Å²) in [7, 11) is 0. The zero-order valence-corrected chi connectivity index (χ0v) is 10.9. The standard InChI is InChI=1S/C17H14O2/c1-11-7-9-12(10-8-11)17(2)15(18)13-5-3-4-6-14(13)16(17)19/h3-10H,1-2H3. The summed E-state index contributed by atoms with van der Waals surface area (Å²) in [5.41, 5.74) is 1.88. The van der Waals surface area contributed by atoms with Crippen LogP contribution in [0.2, 0.25) is 0 Å². The molecule has 2 nitrogen and oxygen atoms in total. The van der Waals surface area contributed by atoms with Crippen molar-refractivity contribution in [3.05, 3.63) is 70.8 Å². The second-order valence-corrected chi connectivity index (χ2v) is 5.19. The number of ketones is 2. The molecular formula is C17H14O2. The Balaban J connectivity index is 2.19. The minimum atomic E-state index is -1.07. The Morgan fingerprint density at radius 1 is 0.789 bits per heavy atom. The first kappa shape index (κ1) is 11.8. The number of hydrogen-bond acceptors (Lipinski definition) is 2. The first-order chi connectivity index (χ1) is 9.05. The summed E-state index contributed by atoms with van der Waals surface area (Å²) in [6.45, 7) is 3.71. The van der Waals surface area contributed by atoms with Crippen molar-refractivity contribution in [2.24, 2.45) is 0 Å². The highest BCUT2D eigenvalue weighted by Crippen LogP contribution is 2.39. The largest absolute Gasteiger partial charge is 0.293 e. The van der Waals surface area contributed by atoms with Crippen molar-refractivity contribution >= 4 is 11.6 Å². The minimum Gasteiger partial charge on any atom is -0.293 e. The van der Waals surface area contributed by atoms with Gasteiger partial charge in [-0.3, -0.25) is 9.59 Å². The Labute approximate surface area is 112 Å². The highest BCUT2D eigenvalue weighted by Gasteiger charge is 2.50. The van der Waals surface area contributed by atoms with Crippen LogP contribution in [0.3, 0.4) is 0 Å². The lowest BCUT2D eigenvalue weighted by Crippen LogP contribution is -2.34. The van der Waals surface area contributed by atoms with Crippen LogP contribution in [0.4, 0.5) is 0 Å². The van der Waals surface area contributed by atoms with E-state index in [0.717, 1.165) is 11.1 Å². The summed E-state index contributed by atoms with van der Waals surface area (Å²) < 4.78 is 0. The van der Waals surface area contributed by atoms with Crippen molar-refractivity contribution in [2.45, 2.75) is 19.3 Å². The smallest absolute Gasteiger partial charge is 0.181 e. The number of benzene rings is 2. The van der Waals surface area contributed by atoms with Crippen LogP contribution >= 0.6 is 0 Å². The van der Waals surface area contributed by atoms with Gasteiger partial charge in [0.1, 0.15) is 5.41 Å². The Hall–Kier alpha value is -2.22. The van der Waals surface area contributed by atoms with Gasteiger partial charge in [0.2, 0.25) is 0 Å². The van der Waals surface area contributed by atoms with Crippen molar-refractivity contribution in [1.29, 1.82) is 0 Å². The van der Waals surface area contributed by atoms with Crippen molar-refractivity contribution in [3.8, 4) is 0 Å². The summed E-state index contributed by atoms with van der Waals surface area (Å²) in [5.74, 6) is -0.200. The van der Waals surface area contributed by atoms with Gasteiger partial charge in [-0.15, -0.1) is 0 Å². The molecule has 1 aliphatic carbocycles. The fourth-order valence-corrected chi connectivity index (χ4v) is 2.67. The number of Topliss-reactive ketones (excluding diaryl/α,β-unsaturated/α-hetero) is 2. The second-order valence-electron chi connectivity index (χ2n) is 5.19. The SMILES string of the molecule is Cc1ccc(C2(C)C(=O)c3ccccc3C2=O)cc1. The molecule has 0 spiro atoms. The lowest BCUT2D eigenvalue weighted by atomic mass is 9.78. The van der Waals surface area contributed by atoms with E-state index in [1.54, 1.807) is 31.2 Å². The van der Waals surface area contributed by atoms with Crippen molar-refractivity contribution in [2.75, 3.05) is 0 Å². The van der Waals surface area contributed by atoms with Gasteiger partial charge in [-0.05, 0) is 19.4 Å². The molecule has 1 aliphatic rings. The Morgan fingerprint density at radius 3 is 1.74 bits per heavy atom. The highest BCUT2D eigenvalue weighted by molar-refractivity contribution is 6.32. The molecule has 0 radical (unpaired) electrons. The predicted molar refractivity (Wildman–Crippen MR) is 73.6 cm³/mol. The molecule has 0 fully saturated rings. The molecule has 0 saturated heterocycles. The van der Waals surface area contributed by atoms with Gasteiger partial charge in [0.25, 0.3) is 0 Å². The summed E-state index contributed by atoms with van der Waals surface area (Å²) in [6.07, 6.45) is 0. The van der Waals surface area contributed by atoms with E-state index in [1.165, 1.54) is 0 Å². The normalized spacial score (nSPS) is 16.5. The minimum absolute atomic E-state index is 0.100. The zero-order valence-electron chi connectivity index (χ0n) is 10.9. The molecule has 2 aromatic carbocycles. The first-order valence-electron chi connectivity index (χ1n) is 6.31. The molecule has 0 saturated carbocycles. The third-order valence-electron chi connectivity index (χ3n) is 3.95. The van der Waals surface area contributed by atoms with Crippen LogP contribution in [0, 0.1) is 6.92 Å². The van der Waals surface area contributed by atoms with Gasteiger partial charge in [-0.1, -0.05) is 54.1 Å². The van der Waals surface area contributed by atoms with Gasteiger partial charge >= 0.3 is 0 Å². The molecule has 94 valence electrons. The van der Waals surface area contributed by atoms with E-state index in [1.807, 2.05) is 31.2 Å². The zero-order chi connectivity index (χ0) is 13.6. The lowest BCUT2D eigenvalue weighted by molar-refractivity contribution is 0.0810. The fraction of sp³-hybridized carbons (Fsp3) is 0.176. The molecule has 0 amide bonds. The van der Waals surface area contributed by atoms with Gasteiger partial charge in [-0.2, -0.15) is 0 Å². The van der Waals surface area contributed by atoms with Gasteiger partial charge in [0.05, 0.1) is 0 Å². The summed E-state index contributed by atoms with van der Waals surface area (Å²) in [5, 5.41) is 0. The molecule has 19 heavy (non-hydrogen) atoms. The second kappa shape index (κ2) is 3.89. The van der Waals surface area contributed by atoms with Crippen LogP contribution in [0.25, 0.3) is 0 Å². The molecule has 0 aliphatic heterocycles.